The number of nitrogens with zero attached hydrogens (tertiary/aromatic N) is 1. The van der Waals surface area contributed by atoms with Gasteiger partial charge in [0.15, 0.2) is 6.23 Å². The molecular weight excluding hydrogens is 294 g/mol. The lowest BCUT2D eigenvalue weighted by atomic mass is 10.1. The third-order valence-electron chi connectivity index (χ3n) is 3.15. The number of non-ortho nitro benzene ring substituents is 1. The van der Waals surface area contributed by atoms with Gasteiger partial charge in [-0.2, -0.15) is 0 Å². The van der Waals surface area contributed by atoms with Gasteiger partial charge in [-0.05, 0) is 18.2 Å². The molecule has 1 aliphatic heterocycles. The van der Waals surface area contributed by atoms with Crippen molar-refractivity contribution >= 4 is 28.9 Å². The van der Waals surface area contributed by atoms with E-state index in [1.165, 1.54) is 12.1 Å². The zero-order chi connectivity index (χ0) is 15.0. The quantitative estimate of drug-likeness (QED) is 0.654. The molecule has 1 atom stereocenters. The molecule has 7 heteroatoms. The molecule has 21 heavy (non-hydrogen) atoms. The molecule has 1 aliphatic rings. The first-order chi connectivity index (χ1) is 10.0. The standard InChI is InChI=1S/C14H10ClN3O3/c15-9-3-1-8(2-4-9)14-17-12-6-5-10(18(19)20)7-11(12)13(16)21-14/h1-7,14,16-17H. The number of hydrogen-bond acceptors (Lipinski definition) is 5. The second-order valence-corrected chi connectivity index (χ2v) is 4.95. The van der Waals surface area contributed by atoms with E-state index in [-0.39, 0.29) is 11.6 Å². The minimum Gasteiger partial charge on any atom is -0.449 e. The Labute approximate surface area is 125 Å². The molecule has 0 amide bonds. The van der Waals surface area contributed by atoms with Crippen LogP contribution in [0.3, 0.4) is 0 Å². The molecule has 0 spiro atoms. The van der Waals surface area contributed by atoms with Crippen LogP contribution in [0.1, 0.15) is 17.4 Å². The highest BCUT2D eigenvalue weighted by atomic mass is 35.5. The summed E-state index contributed by atoms with van der Waals surface area (Å²) in [5, 5.41) is 22.4. The number of ether oxygens (including phenoxy) is 1. The van der Waals surface area contributed by atoms with E-state index in [2.05, 4.69) is 5.32 Å². The largest absolute Gasteiger partial charge is 0.449 e. The van der Waals surface area contributed by atoms with E-state index in [9.17, 15) is 10.1 Å². The van der Waals surface area contributed by atoms with Crippen molar-refractivity contribution in [3.05, 3.63) is 68.7 Å². The highest BCUT2D eigenvalue weighted by molar-refractivity contribution is 6.30. The SMILES string of the molecule is N=C1OC(c2ccc(Cl)cc2)Nc2ccc([N+](=O)[O-])cc21. The van der Waals surface area contributed by atoms with Crippen molar-refractivity contribution in [3.8, 4) is 0 Å². The van der Waals surface area contributed by atoms with E-state index < -0.39 is 11.2 Å². The zero-order valence-electron chi connectivity index (χ0n) is 10.7. The molecule has 0 aliphatic carbocycles. The van der Waals surface area contributed by atoms with Crippen LogP contribution in [-0.2, 0) is 4.74 Å². The van der Waals surface area contributed by atoms with Crippen LogP contribution in [0.25, 0.3) is 0 Å². The molecule has 0 radical (unpaired) electrons. The number of benzene rings is 2. The molecular formula is C14H10ClN3O3. The average molecular weight is 304 g/mol. The van der Waals surface area contributed by atoms with Gasteiger partial charge in [0, 0.05) is 22.7 Å². The Bertz CT molecular complexity index is 731. The number of nitrogens with one attached hydrogen (secondary N) is 2. The Morgan fingerprint density at radius 2 is 1.95 bits per heavy atom. The van der Waals surface area contributed by atoms with E-state index in [4.69, 9.17) is 21.7 Å². The number of anilines is 1. The Balaban J connectivity index is 1.94. The minimum absolute atomic E-state index is 0.0751. The first-order valence-corrected chi connectivity index (χ1v) is 6.48. The summed E-state index contributed by atoms with van der Waals surface area (Å²) in [5.41, 5.74) is 1.73. The topological polar surface area (TPSA) is 88.2 Å². The summed E-state index contributed by atoms with van der Waals surface area (Å²) in [5.74, 6) is -0.104. The second kappa shape index (κ2) is 5.06. The normalized spacial score (nSPS) is 16.6. The Morgan fingerprint density at radius 3 is 2.62 bits per heavy atom. The van der Waals surface area contributed by atoms with Gasteiger partial charge >= 0.3 is 0 Å². The highest BCUT2D eigenvalue weighted by Crippen LogP contribution is 2.33. The number of halogens is 1. The van der Waals surface area contributed by atoms with E-state index in [1.54, 1.807) is 30.3 Å². The van der Waals surface area contributed by atoms with Crippen LogP contribution in [0.2, 0.25) is 5.02 Å². The minimum atomic E-state index is -0.524. The van der Waals surface area contributed by atoms with Gasteiger partial charge in [-0.25, -0.2) is 0 Å². The van der Waals surface area contributed by atoms with Gasteiger partial charge < -0.3 is 10.1 Å². The molecule has 0 fully saturated rings. The van der Waals surface area contributed by atoms with E-state index in [1.807, 2.05) is 0 Å². The third kappa shape index (κ3) is 2.53. The predicted octanol–water partition coefficient (Wildman–Crippen LogP) is 3.71. The van der Waals surface area contributed by atoms with E-state index in [0.29, 0.717) is 16.3 Å². The molecule has 106 valence electrons. The maximum Gasteiger partial charge on any atom is 0.270 e. The van der Waals surface area contributed by atoms with Gasteiger partial charge in [-0.3, -0.25) is 15.5 Å². The summed E-state index contributed by atoms with van der Waals surface area (Å²) in [7, 11) is 0. The van der Waals surface area contributed by atoms with Crippen LogP contribution in [0, 0.1) is 15.5 Å². The van der Waals surface area contributed by atoms with Crippen LogP contribution in [0.4, 0.5) is 11.4 Å². The van der Waals surface area contributed by atoms with Crippen molar-refractivity contribution in [1.82, 2.24) is 0 Å². The van der Waals surface area contributed by atoms with Crippen molar-refractivity contribution in [2.75, 3.05) is 5.32 Å². The fourth-order valence-corrected chi connectivity index (χ4v) is 2.23. The summed E-state index contributed by atoms with van der Waals surface area (Å²) >= 11 is 5.84. The van der Waals surface area contributed by atoms with Gasteiger partial charge in [0.25, 0.3) is 5.69 Å². The average Bonchev–Trinajstić information content (AvgIpc) is 2.47. The van der Waals surface area contributed by atoms with Gasteiger partial charge in [0.05, 0.1) is 16.2 Å². The molecule has 0 saturated heterocycles. The number of fused-ring (bicyclic) bond motifs is 1. The van der Waals surface area contributed by atoms with Crippen LogP contribution in [-0.4, -0.2) is 10.8 Å². The smallest absolute Gasteiger partial charge is 0.270 e. The van der Waals surface area contributed by atoms with Crippen LogP contribution in [0.5, 0.6) is 0 Å². The van der Waals surface area contributed by atoms with Gasteiger partial charge in [0.1, 0.15) is 0 Å². The summed E-state index contributed by atoms with van der Waals surface area (Å²) in [6, 6.07) is 11.3. The molecule has 2 aromatic rings. The summed E-state index contributed by atoms with van der Waals surface area (Å²) < 4.78 is 5.48. The van der Waals surface area contributed by atoms with Gasteiger partial charge in [-0.1, -0.05) is 23.7 Å². The second-order valence-electron chi connectivity index (χ2n) is 4.51. The monoisotopic (exact) mass is 303 g/mol. The lowest BCUT2D eigenvalue weighted by Crippen LogP contribution is -2.25. The molecule has 6 nitrogen and oxygen atoms in total. The fourth-order valence-electron chi connectivity index (χ4n) is 2.10. The van der Waals surface area contributed by atoms with Crippen molar-refractivity contribution in [3.63, 3.8) is 0 Å². The van der Waals surface area contributed by atoms with E-state index >= 15 is 0 Å². The number of nitro groups is 1. The fraction of sp³-hybridized carbons (Fsp3) is 0.0714. The molecule has 1 unspecified atom stereocenters. The van der Waals surface area contributed by atoms with Crippen molar-refractivity contribution in [1.29, 1.82) is 5.41 Å². The Morgan fingerprint density at radius 1 is 1.24 bits per heavy atom. The van der Waals surface area contributed by atoms with Crippen LogP contribution >= 0.6 is 11.6 Å². The van der Waals surface area contributed by atoms with Gasteiger partial charge in [-0.15, -0.1) is 0 Å². The third-order valence-corrected chi connectivity index (χ3v) is 3.41. The van der Waals surface area contributed by atoms with Crippen molar-refractivity contribution in [2.24, 2.45) is 0 Å². The van der Waals surface area contributed by atoms with Crippen LogP contribution in [0.15, 0.2) is 42.5 Å². The highest BCUT2D eigenvalue weighted by Gasteiger charge is 2.26. The Kier molecular flexibility index (Phi) is 3.23. The zero-order valence-corrected chi connectivity index (χ0v) is 11.4. The first kappa shape index (κ1) is 13.4. The maximum absolute atomic E-state index is 10.8. The van der Waals surface area contributed by atoms with Crippen molar-refractivity contribution < 1.29 is 9.66 Å². The molecule has 3 rings (SSSR count). The molecule has 2 aromatic carbocycles. The molecule has 0 aromatic heterocycles. The first-order valence-electron chi connectivity index (χ1n) is 6.10. The summed E-state index contributed by atoms with van der Waals surface area (Å²) in [6.45, 7) is 0. The number of rotatable bonds is 2. The maximum atomic E-state index is 10.8. The summed E-state index contributed by atoms with van der Waals surface area (Å²) in [4.78, 5) is 10.3. The number of hydrogen-bond donors (Lipinski definition) is 2. The molecule has 0 bridgehead atoms. The predicted molar refractivity (Wildman–Crippen MR) is 78.8 cm³/mol. The lowest BCUT2D eigenvalue weighted by Gasteiger charge is -2.28. The Hall–Kier alpha value is -2.60. The summed E-state index contributed by atoms with van der Waals surface area (Å²) in [6.07, 6.45) is -0.524. The molecule has 2 N–H and O–H groups in total. The lowest BCUT2D eigenvalue weighted by molar-refractivity contribution is -0.384. The van der Waals surface area contributed by atoms with Crippen LogP contribution < -0.4 is 5.32 Å². The number of nitro benzene ring substituents is 1. The van der Waals surface area contributed by atoms with E-state index in [0.717, 1.165) is 5.56 Å². The molecule has 1 heterocycles. The van der Waals surface area contributed by atoms with Crippen molar-refractivity contribution in [2.45, 2.75) is 6.23 Å². The molecule has 0 saturated carbocycles. The van der Waals surface area contributed by atoms with Gasteiger partial charge in [0.2, 0.25) is 5.90 Å².